The molecule has 0 aliphatic carbocycles. The van der Waals surface area contributed by atoms with E-state index in [9.17, 15) is 0 Å². The zero-order valence-electron chi connectivity index (χ0n) is 14.2. The topological polar surface area (TPSA) is 60.4 Å². The molecule has 0 radical (unpaired) electrons. The molecule has 0 spiro atoms. The van der Waals surface area contributed by atoms with Gasteiger partial charge in [0.2, 0.25) is 0 Å². The van der Waals surface area contributed by atoms with Gasteiger partial charge in [-0.15, -0.1) is 0 Å². The van der Waals surface area contributed by atoms with E-state index < -0.39 is 0 Å². The summed E-state index contributed by atoms with van der Waals surface area (Å²) in [5.41, 5.74) is 3.99. The number of benzene rings is 2. The van der Waals surface area contributed by atoms with Crippen molar-refractivity contribution >= 4 is 11.4 Å². The van der Waals surface area contributed by atoms with Crippen LogP contribution < -0.4 is 0 Å². The first-order valence-electron chi connectivity index (χ1n) is 8.36. The molecule has 4 rings (SSSR count). The summed E-state index contributed by atoms with van der Waals surface area (Å²) in [5, 5.41) is 8.77. The lowest BCUT2D eigenvalue weighted by molar-refractivity contribution is 0.797. The van der Waals surface area contributed by atoms with Crippen LogP contribution in [0.15, 0.2) is 96.2 Å². The van der Waals surface area contributed by atoms with Crippen LogP contribution in [0.2, 0.25) is 0 Å². The van der Waals surface area contributed by atoms with Crippen molar-refractivity contribution in [1.29, 1.82) is 0 Å². The Bertz CT molecular complexity index is 905. The summed E-state index contributed by atoms with van der Waals surface area (Å²) in [6.07, 6.45) is 11.1. The fourth-order valence-electron chi connectivity index (χ4n) is 2.73. The molecule has 2 aromatic heterocycles. The summed E-state index contributed by atoms with van der Waals surface area (Å²) in [6, 6.07) is 16.1. The van der Waals surface area contributed by atoms with E-state index in [1.54, 1.807) is 25.0 Å². The first-order chi connectivity index (χ1) is 12.8. The SMILES string of the molecule is c1cc(Cn2ccnc2)cc(N=Nc2cccc(Cn3ccnc3)c2)c1. The van der Waals surface area contributed by atoms with Crippen LogP contribution in [0.5, 0.6) is 0 Å². The molecule has 0 N–H and O–H groups in total. The Hall–Kier alpha value is -3.54. The van der Waals surface area contributed by atoms with E-state index in [1.807, 2.05) is 57.9 Å². The summed E-state index contributed by atoms with van der Waals surface area (Å²) < 4.78 is 4.05. The molecule has 0 saturated heterocycles. The van der Waals surface area contributed by atoms with Gasteiger partial charge in [-0.1, -0.05) is 24.3 Å². The summed E-state index contributed by atoms with van der Waals surface area (Å²) in [7, 11) is 0. The van der Waals surface area contributed by atoms with Gasteiger partial charge >= 0.3 is 0 Å². The molecule has 2 heterocycles. The van der Waals surface area contributed by atoms with Gasteiger partial charge in [0.15, 0.2) is 0 Å². The Kier molecular flexibility index (Phi) is 4.64. The van der Waals surface area contributed by atoms with Gasteiger partial charge in [0.1, 0.15) is 0 Å². The van der Waals surface area contributed by atoms with Crippen molar-refractivity contribution in [3.8, 4) is 0 Å². The predicted molar refractivity (Wildman–Crippen MR) is 99.7 cm³/mol. The fourth-order valence-corrected chi connectivity index (χ4v) is 2.73. The molecule has 4 aromatic rings. The number of imidazole rings is 2. The third kappa shape index (κ3) is 4.10. The third-order valence-corrected chi connectivity index (χ3v) is 3.95. The Labute approximate surface area is 151 Å². The van der Waals surface area contributed by atoms with Crippen LogP contribution >= 0.6 is 0 Å². The minimum atomic E-state index is 0.768. The smallest absolute Gasteiger partial charge is 0.0949 e. The van der Waals surface area contributed by atoms with Crippen molar-refractivity contribution in [2.45, 2.75) is 13.1 Å². The number of nitrogens with zero attached hydrogens (tertiary/aromatic N) is 6. The number of aromatic nitrogens is 4. The minimum Gasteiger partial charge on any atom is -0.333 e. The number of hydrogen-bond acceptors (Lipinski definition) is 4. The van der Waals surface area contributed by atoms with Crippen molar-refractivity contribution in [3.05, 3.63) is 97.1 Å². The second-order valence-electron chi connectivity index (χ2n) is 6.01. The van der Waals surface area contributed by atoms with Crippen molar-refractivity contribution < 1.29 is 0 Å². The van der Waals surface area contributed by atoms with Crippen LogP contribution in [0.25, 0.3) is 0 Å². The molecule has 0 aliphatic rings. The van der Waals surface area contributed by atoms with Gasteiger partial charge in [-0.25, -0.2) is 9.97 Å². The van der Waals surface area contributed by atoms with Gasteiger partial charge in [0.25, 0.3) is 0 Å². The molecule has 6 heteroatoms. The second-order valence-corrected chi connectivity index (χ2v) is 6.01. The Morgan fingerprint density at radius 2 is 1.19 bits per heavy atom. The molecule has 0 fully saturated rings. The first-order valence-corrected chi connectivity index (χ1v) is 8.36. The van der Waals surface area contributed by atoms with Crippen LogP contribution in [0.4, 0.5) is 11.4 Å². The number of azo groups is 1. The quantitative estimate of drug-likeness (QED) is 0.481. The van der Waals surface area contributed by atoms with Crippen LogP contribution in [0.1, 0.15) is 11.1 Å². The van der Waals surface area contributed by atoms with Gasteiger partial charge < -0.3 is 9.13 Å². The zero-order chi connectivity index (χ0) is 17.6. The van der Waals surface area contributed by atoms with E-state index >= 15 is 0 Å². The molecule has 0 saturated carbocycles. The molecule has 0 bridgehead atoms. The van der Waals surface area contributed by atoms with Crippen LogP contribution in [-0.2, 0) is 13.1 Å². The maximum Gasteiger partial charge on any atom is 0.0949 e. The molecule has 128 valence electrons. The average Bonchev–Trinajstić information content (AvgIpc) is 3.35. The first kappa shape index (κ1) is 16.0. The Morgan fingerprint density at radius 3 is 1.62 bits per heavy atom. The van der Waals surface area contributed by atoms with E-state index in [4.69, 9.17) is 0 Å². The van der Waals surface area contributed by atoms with E-state index in [2.05, 4.69) is 32.3 Å². The second kappa shape index (κ2) is 7.57. The van der Waals surface area contributed by atoms with Crippen molar-refractivity contribution in [3.63, 3.8) is 0 Å². The Morgan fingerprint density at radius 1 is 0.692 bits per heavy atom. The third-order valence-electron chi connectivity index (χ3n) is 3.95. The Balaban J connectivity index is 1.47. The van der Waals surface area contributed by atoms with E-state index in [0.717, 1.165) is 35.6 Å². The van der Waals surface area contributed by atoms with E-state index in [1.165, 1.54) is 0 Å². The summed E-state index contributed by atoms with van der Waals surface area (Å²) in [4.78, 5) is 8.13. The van der Waals surface area contributed by atoms with Gasteiger partial charge in [-0.05, 0) is 35.4 Å². The average molecular weight is 342 g/mol. The monoisotopic (exact) mass is 342 g/mol. The highest BCUT2D eigenvalue weighted by Gasteiger charge is 1.99. The summed E-state index contributed by atoms with van der Waals surface area (Å²) in [6.45, 7) is 1.54. The molecule has 26 heavy (non-hydrogen) atoms. The molecule has 0 amide bonds. The molecular formula is C20H18N6. The fraction of sp³-hybridized carbons (Fsp3) is 0.100. The highest BCUT2D eigenvalue weighted by Crippen LogP contribution is 2.21. The summed E-state index contributed by atoms with van der Waals surface area (Å²) >= 11 is 0. The predicted octanol–water partition coefficient (Wildman–Crippen LogP) is 4.59. The normalized spacial score (nSPS) is 11.2. The van der Waals surface area contributed by atoms with Crippen LogP contribution in [0.3, 0.4) is 0 Å². The molecule has 0 unspecified atom stereocenters. The van der Waals surface area contributed by atoms with Gasteiger partial charge in [0.05, 0.1) is 24.0 Å². The van der Waals surface area contributed by atoms with Crippen molar-refractivity contribution in [2.24, 2.45) is 10.2 Å². The number of rotatable bonds is 6. The summed E-state index contributed by atoms with van der Waals surface area (Å²) in [5.74, 6) is 0. The number of hydrogen-bond donors (Lipinski definition) is 0. The maximum atomic E-state index is 4.39. The van der Waals surface area contributed by atoms with Gasteiger partial charge in [0, 0.05) is 37.9 Å². The highest BCUT2D eigenvalue weighted by atomic mass is 15.1. The van der Waals surface area contributed by atoms with Gasteiger partial charge in [-0.3, -0.25) is 0 Å². The molecule has 0 atom stereocenters. The van der Waals surface area contributed by atoms with E-state index in [-0.39, 0.29) is 0 Å². The largest absolute Gasteiger partial charge is 0.333 e. The highest BCUT2D eigenvalue weighted by molar-refractivity contribution is 5.43. The molecular weight excluding hydrogens is 324 g/mol. The zero-order valence-corrected chi connectivity index (χ0v) is 14.2. The lowest BCUT2D eigenvalue weighted by atomic mass is 10.2. The van der Waals surface area contributed by atoms with Crippen LogP contribution in [0, 0.1) is 0 Å². The maximum absolute atomic E-state index is 4.39. The van der Waals surface area contributed by atoms with E-state index in [0.29, 0.717) is 0 Å². The minimum absolute atomic E-state index is 0.768. The van der Waals surface area contributed by atoms with Gasteiger partial charge in [-0.2, -0.15) is 10.2 Å². The molecule has 0 aliphatic heterocycles. The molecule has 2 aromatic carbocycles. The lowest BCUT2D eigenvalue weighted by Gasteiger charge is -2.04. The molecule has 6 nitrogen and oxygen atoms in total. The standard InChI is InChI=1S/C20H18N6/c1-3-17(13-25-9-7-21-15-25)11-19(5-1)23-24-20-6-2-4-18(12-20)14-26-10-8-22-16-26/h1-12,15-16H,13-14H2. The van der Waals surface area contributed by atoms with Crippen molar-refractivity contribution in [1.82, 2.24) is 19.1 Å². The lowest BCUT2D eigenvalue weighted by Crippen LogP contribution is -1.95. The van der Waals surface area contributed by atoms with Crippen molar-refractivity contribution in [2.75, 3.05) is 0 Å². The van der Waals surface area contributed by atoms with Crippen LogP contribution in [-0.4, -0.2) is 19.1 Å².